The molecule has 1 N–H and O–H groups in total. The molecule has 0 atom stereocenters. The minimum absolute atomic E-state index is 0.124. The highest BCUT2D eigenvalue weighted by atomic mass is 35.5. The van der Waals surface area contributed by atoms with E-state index < -0.39 is 0 Å². The Bertz CT molecular complexity index is 1050. The number of methoxy groups -OCH3 is 2. The second-order valence-electron chi connectivity index (χ2n) is 7.20. The number of hydrogen-bond donors (Lipinski definition) is 1. The average molecular weight is 443 g/mol. The van der Waals surface area contributed by atoms with E-state index in [1.807, 2.05) is 30.3 Å². The van der Waals surface area contributed by atoms with E-state index in [1.165, 1.54) is 14.2 Å². The zero-order valence-corrected chi connectivity index (χ0v) is 18.1. The number of carbonyl (C=O) groups is 1. The Labute approximate surface area is 185 Å². The van der Waals surface area contributed by atoms with E-state index in [-0.39, 0.29) is 11.9 Å². The van der Waals surface area contributed by atoms with Crippen molar-refractivity contribution >= 4 is 23.3 Å². The number of halogens is 1. The first-order chi connectivity index (χ1) is 15.1. The number of hydrogen-bond acceptors (Lipinski definition) is 6. The smallest absolute Gasteiger partial charge is 0.321 e. The van der Waals surface area contributed by atoms with Crippen LogP contribution in [0, 0.1) is 0 Å². The molecule has 0 radical (unpaired) electrons. The highest BCUT2D eigenvalue weighted by molar-refractivity contribution is 6.32. The maximum Gasteiger partial charge on any atom is 0.321 e. The number of anilines is 1. The summed E-state index contributed by atoms with van der Waals surface area (Å²) >= 11 is 6.19. The fraction of sp³-hybridized carbons (Fsp3) is 0.318. The third kappa shape index (κ3) is 4.59. The molecular weight excluding hydrogens is 420 g/mol. The predicted molar refractivity (Wildman–Crippen MR) is 117 cm³/mol. The average Bonchev–Trinajstić information content (AvgIpc) is 3.30. The van der Waals surface area contributed by atoms with E-state index in [9.17, 15) is 4.79 Å². The lowest BCUT2D eigenvalue weighted by Crippen LogP contribution is -2.40. The van der Waals surface area contributed by atoms with Crippen LogP contribution in [0.4, 0.5) is 10.5 Å². The molecule has 2 aromatic carbocycles. The molecule has 1 fully saturated rings. The van der Waals surface area contributed by atoms with E-state index in [0.717, 1.165) is 18.4 Å². The maximum atomic E-state index is 12.8. The largest absolute Gasteiger partial charge is 0.495 e. The number of likely N-dealkylation sites (tertiary alicyclic amines) is 1. The van der Waals surface area contributed by atoms with Crippen molar-refractivity contribution in [2.24, 2.45) is 0 Å². The van der Waals surface area contributed by atoms with E-state index in [1.54, 1.807) is 17.0 Å². The van der Waals surface area contributed by atoms with Gasteiger partial charge in [0.25, 0.3) is 0 Å². The number of carbonyl (C=O) groups excluding carboxylic acids is 1. The molecule has 31 heavy (non-hydrogen) atoms. The van der Waals surface area contributed by atoms with Gasteiger partial charge in [-0.25, -0.2) is 4.79 Å². The van der Waals surface area contributed by atoms with E-state index in [2.05, 4.69) is 15.5 Å². The monoisotopic (exact) mass is 442 g/mol. The summed E-state index contributed by atoms with van der Waals surface area (Å²) in [6.07, 6.45) is 1.48. The maximum absolute atomic E-state index is 12.8. The van der Waals surface area contributed by atoms with Gasteiger partial charge in [0.05, 0.1) is 24.9 Å². The summed E-state index contributed by atoms with van der Waals surface area (Å²) in [5.41, 5.74) is 1.41. The van der Waals surface area contributed by atoms with Gasteiger partial charge in [0.2, 0.25) is 11.7 Å². The van der Waals surface area contributed by atoms with Crippen LogP contribution in [0.15, 0.2) is 47.0 Å². The predicted octanol–water partition coefficient (Wildman–Crippen LogP) is 4.82. The van der Waals surface area contributed by atoms with Crippen LogP contribution in [-0.2, 0) is 0 Å². The lowest BCUT2D eigenvalue weighted by Gasteiger charge is -2.30. The molecule has 162 valence electrons. The Balaban J connectivity index is 1.38. The fourth-order valence-electron chi connectivity index (χ4n) is 3.59. The second-order valence-corrected chi connectivity index (χ2v) is 7.61. The van der Waals surface area contributed by atoms with Crippen molar-refractivity contribution in [3.63, 3.8) is 0 Å². The SMILES string of the molecule is COc1cc(OC)c(NC(=O)N2CCC(c3nc(-c4ccccc4)no3)CC2)cc1Cl. The second kappa shape index (κ2) is 9.26. The number of rotatable bonds is 5. The molecule has 1 saturated heterocycles. The molecule has 0 spiro atoms. The molecule has 9 heteroatoms. The van der Waals surface area contributed by atoms with Gasteiger partial charge >= 0.3 is 6.03 Å². The zero-order valence-electron chi connectivity index (χ0n) is 17.3. The number of piperidine rings is 1. The quantitative estimate of drug-likeness (QED) is 0.609. The highest BCUT2D eigenvalue weighted by Crippen LogP contribution is 2.36. The third-order valence-corrected chi connectivity index (χ3v) is 5.62. The zero-order chi connectivity index (χ0) is 21.8. The topological polar surface area (TPSA) is 89.7 Å². The molecule has 1 aromatic heterocycles. The van der Waals surface area contributed by atoms with Gasteiger partial charge < -0.3 is 24.2 Å². The van der Waals surface area contributed by atoms with Crippen molar-refractivity contribution in [3.8, 4) is 22.9 Å². The highest BCUT2D eigenvalue weighted by Gasteiger charge is 2.28. The number of benzene rings is 2. The lowest BCUT2D eigenvalue weighted by molar-refractivity contribution is 0.187. The summed E-state index contributed by atoms with van der Waals surface area (Å²) in [5, 5.41) is 7.36. The van der Waals surface area contributed by atoms with Crippen molar-refractivity contribution in [1.82, 2.24) is 15.0 Å². The van der Waals surface area contributed by atoms with Crippen molar-refractivity contribution < 1.29 is 18.8 Å². The molecule has 0 aliphatic carbocycles. The summed E-state index contributed by atoms with van der Waals surface area (Å²) in [5.74, 6) is 2.27. The van der Waals surface area contributed by atoms with E-state index in [4.69, 9.17) is 25.6 Å². The normalized spacial score (nSPS) is 14.4. The number of nitrogens with one attached hydrogen (secondary N) is 1. The molecule has 0 saturated carbocycles. The Kier molecular flexibility index (Phi) is 6.27. The Morgan fingerprint density at radius 2 is 1.84 bits per heavy atom. The molecule has 8 nitrogen and oxygen atoms in total. The first kappa shape index (κ1) is 21.0. The number of ether oxygens (including phenoxy) is 2. The Morgan fingerprint density at radius 3 is 2.52 bits per heavy atom. The first-order valence-electron chi connectivity index (χ1n) is 9.95. The van der Waals surface area contributed by atoms with Crippen molar-refractivity contribution in [3.05, 3.63) is 53.4 Å². The number of amides is 2. The molecule has 3 aromatic rings. The van der Waals surface area contributed by atoms with Crippen LogP contribution in [0.1, 0.15) is 24.7 Å². The van der Waals surface area contributed by atoms with Gasteiger partial charge in [-0.2, -0.15) is 4.98 Å². The van der Waals surface area contributed by atoms with Crippen molar-refractivity contribution in [2.75, 3.05) is 32.6 Å². The van der Waals surface area contributed by atoms with Gasteiger partial charge in [-0.1, -0.05) is 47.1 Å². The summed E-state index contributed by atoms with van der Waals surface area (Å²) in [4.78, 5) is 19.1. The van der Waals surface area contributed by atoms with Gasteiger partial charge in [-0.15, -0.1) is 0 Å². The molecule has 2 heterocycles. The lowest BCUT2D eigenvalue weighted by atomic mass is 9.97. The van der Waals surface area contributed by atoms with E-state index in [0.29, 0.717) is 47.0 Å². The molecule has 2 amide bonds. The van der Waals surface area contributed by atoms with Gasteiger partial charge in [0.1, 0.15) is 11.5 Å². The third-order valence-electron chi connectivity index (χ3n) is 5.32. The van der Waals surface area contributed by atoms with Gasteiger partial charge in [0.15, 0.2) is 0 Å². The minimum Gasteiger partial charge on any atom is -0.495 e. The summed E-state index contributed by atoms with van der Waals surface area (Å²) in [7, 11) is 3.05. The van der Waals surface area contributed by atoms with Crippen LogP contribution in [-0.4, -0.2) is 48.4 Å². The summed E-state index contributed by atoms with van der Waals surface area (Å²) in [6, 6.07) is 12.8. The summed E-state index contributed by atoms with van der Waals surface area (Å²) in [6.45, 7) is 1.15. The molecule has 0 bridgehead atoms. The Morgan fingerprint density at radius 1 is 1.13 bits per heavy atom. The Hall–Kier alpha value is -3.26. The van der Waals surface area contributed by atoms with Gasteiger partial charge in [-0.3, -0.25) is 0 Å². The summed E-state index contributed by atoms with van der Waals surface area (Å²) < 4.78 is 16.0. The molecule has 0 unspecified atom stereocenters. The van der Waals surface area contributed by atoms with Crippen molar-refractivity contribution in [2.45, 2.75) is 18.8 Å². The van der Waals surface area contributed by atoms with Crippen LogP contribution < -0.4 is 14.8 Å². The van der Waals surface area contributed by atoms with Crippen LogP contribution in [0.2, 0.25) is 5.02 Å². The van der Waals surface area contributed by atoms with E-state index >= 15 is 0 Å². The molecular formula is C22H23ClN4O4. The minimum atomic E-state index is -0.214. The van der Waals surface area contributed by atoms with Crippen LogP contribution >= 0.6 is 11.6 Å². The van der Waals surface area contributed by atoms with Crippen molar-refractivity contribution in [1.29, 1.82) is 0 Å². The van der Waals surface area contributed by atoms with Crippen LogP contribution in [0.5, 0.6) is 11.5 Å². The fourth-order valence-corrected chi connectivity index (χ4v) is 3.83. The molecule has 1 aliphatic rings. The van der Waals surface area contributed by atoms with Crippen LogP contribution in [0.3, 0.4) is 0 Å². The number of urea groups is 1. The molecule has 1 aliphatic heterocycles. The number of aromatic nitrogens is 2. The van der Waals surface area contributed by atoms with Gasteiger partial charge in [-0.05, 0) is 18.9 Å². The number of nitrogens with zero attached hydrogens (tertiary/aromatic N) is 3. The van der Waals surface area contributed by atoms with Gasteiger partial charge in [0, 0.05) is 30.6 Å². The van der Waals surface area contributed by atoms with Crippen LogP contribution in [0.25, 0.3) is 11.4 Å². The first-order valence-corrected chi connectivity index (χ1v) is 10.3. The standard InChI is InChI=1S/C22H23ClN4O4/c1-29-18-13-19(30-2)17(12-16(18)23)24-22(28)27-10-8-15(9-11-27)21-25-20(26-31-21)14-6-4-3-5-7-14/h3-7,12-13,15H,8-11H2,1-2H3,(H,24,28). The molecule has 4 rings (SSSR count).